The Morgan fingerprint density at radius 1 is 1.22 bits per heavy atom. The summed E-state index contributed by atoms with van der Waals surface area (Å²) in [5, 5.41) is 5.05. The number of amides is 1. The molecule has 1 amide bonds. The van der Waals surface area contributed by atoms with Crippen molar-refractivity contribution in [2.24, 2.45) is 5.92 Å². The number of aryl methyl sites for hydroxylation is 2. The van der Waals surface area contributed by atoms with Crippen molar-refractivity contribution >= 4 is 27.3 Å². The van der Waals surface area contributed by atoms with Gasteiger partial charge in [0, 0.05) is 23.9 Å². The molecule has 0 aliphatic carbocycles. The van der Waals surface area contributed by atoms with Crippen LogP contribution < -0.4 is 5.32 Å². The van der Waals surface area contributed by atoms with Gasteiger partial charge in [-0.25, -0.2) is 8.42 Å². The first-order valence-electron chi connectivity index (χ1n) is 9.20. The van der Waals surface area contributed by atoms with Gasteiger partial charge in [-0.1, -0.05) is 23.8 Å². The van der Waals surface area contributed by atoms with Gasteiger partial charge in [0.05, 0.1) is 10.9 Å². The minimum absolute atomic E-state index is 0.0134. The first kappa shape index (κ1) is 20.0. The van der Waals surface area contributed by atoms with E-state index in [1.807, 2.05) is 50.4 Å². The number of hydrogen-bond acceptors (Lipinski definition) is 4. The van der Waals surface area contributed by atoms with Crippen molar-refractivity contribution in [3.8, 4) is 0 Å². The van der Waals surface area contributed by atoms with Crippen LogP contribution in [0, 0.1) is 19.8 Å². The highest BCUT2D eigenvalue weighted by Gasteiger charge is 2.33. The topological polar surface area (TPSA) is 66.5 Å². The summed E-state index contributed by atoms with van der Waals surface area (Å²) in [6, 6.07) is 9.36. The average molecular weight is 407 g/mol. The lowest BCUT2D eigenvalue weighted by Gasteiger charge is -2.31. The van der Waals surface area contributed by atoms with Crippen LogP contribution in [-0.4, -0.2) is 31.7 Å². The van der Waals surface area contributed by atoms with Crippen molar-refractivity contribution in [2.75, 3.05) is 13.1 Å². The number of carbonyl (C=O) groups excluding carboxylic acids is 1. The van der Waals surface area contributed by atoms with E-state index in [9.17, 15) is 13.2 Å². The van der Waals surface area contributed by atoms with Gasteiger partial charge in [-0.05, 0) is 56.7 Å². The molecular formula is C20H26N2O3S2. The summed E-state index contributed by atoms with van der Waals surface area (Å²) in [6.45, 7) is 6.50. The van der Waals surface area contributed by atoms with E-state index in [0.29, 0.717) is 30.8 Å². The zero-order valence-electron chi connectivity index (χ0n) is 15.9. The number of benzene rings is 1. The maximum atomic E-state index is 13.0. The molecule has 7 heteroatoms. The van der Waals surface area contributed by atoms with Crippen molar-refractivity contribution in [3.63, 3.8) is 0 Å². The SMILES string of the molecule is Cc1ccc(S(=O)(=O)N2CCC(C(=O)NC(C)c3cccs3)CC2)c(C)c1. The summed E-state index contributed by atoms with van der Waals surface area (Å²) in [4.78, 5) is 14.0. The predicted octanol–water partition coefficient (Wildman–Crippen LogP) is 3.64. The lowest BCUT2D eigenvalue weighted by molar-refractivity contribution is -0.126. The van der Waals surface area contributed by atoms with Gasteiger partial charge in [0.15, 0.2) is 0 Å². The Morgan fingerprint density at radius 2 is 1.93 bits per heavy atom. The number of hydrogen-bond donors (Lipinski definition) is 1. The molecule has 1 saturated heterocycles. The monoisotopic (exact) mass is 406 g/mol. The summed E-state index contributed by atoms with van der Waals surface area (Å²) >= 11 is 1.62. The molecule has 0 bridgehead atoms. The molecule has 1 atom stereocenters. The van der Waals surface area contributed by atoms with Crippen LogP contribution in [0.15, 0.2) is 40.6 Å². The van der Waals surface area contributed by atoms with E-state index in [1.165, 1.54) is 4.31 Å². The maximum absolute atomic E-state index is 13.0. The zero-order valence-corrected chi connectivity index (χ0v) is 17.6. The van der Waals surface area contributed by atoms with Crippen LogP contribution in [0.4, 0.5) is 0 Å². The Labute approximate surface area is 165 Å². The highest BCUT2D eigenvalue weighted by Crippen LogP contribution is 2.27. The van der Waals surface area contributed by atoms with Crippen LogP contribution in [0.3, 0.4) is 0 Å². The average Bonchev–Trinajstić information content (AvgIpc) is 3.16. The smallest absolute Gasteiger partial charge is 0.243 e. The Balaban J connectivity index is 1.62. The molecule has 1 N–H and O–H groups in total. The fraction of sp³-hybridized carbons (Fsp3) is 0.450. The van der Waals surface area contributed by atoms with Gasteiger partial charge in [-0.3, -0.25) is 4.79 Å². The van der Waals surface area contributed by atoms with Crippen LogP contribution in [0.5, 0.6) is 0 Å². The normalized spacial score (nSPS) is 17.6. The summed E-state index contributed by atoms with van der Waals surface area (Å²) in [7, 11) is -3.51. The van der Waals surface area contributed by atoms with Crippen LogP contribution in [0.1, 0.15) is 41.8 Å². The third-order valence-electron chi connectivity index (χ3n) is 5.10. The molecule has 1 aliphatic heterocycles. The molecule has 27 heavy (non-hydrogen) atoms. The summed E-state index contributed by atoms with van der Waals surface area (Å²) in [5.74, 6) is -0.127. The molecule has 2 heterocycles. The van der Waals surface area contributed by atoms with Gasteiger partial charge in [0.2, 0.25) is 15.9 Å². The molecule has 2 aromatic rings. The highest BCUT2D eigenvalue weighted by atomic mass is 32.2. The van der Waals surface area contributed by atoms with Crippen molar-refractivity contribution < 1.29 is 13.2 Å². The van der Waals surface area contributed by atoms with Gasteiger partial charge < -0.3 is 5.32 Å². The molecule has 1 aromatic heterocycles. The summed E-state index contributed by atoms with van der Waals surface area (Å²) in [5.41, 5.74) is 1.81. The highest BCUT2D eigenvalue weighted by molar-refractivity contribution is 7.89. The molecule has 146 valence electrons. The van der Waals surface area contributed by atoms with Gasteiger partial charge in [0.1, 0.15) is 0 Å². The summed E-state index contributed by atoms with van der Waals surface area (Å²) in [6.07, 6.45) is 1.10. The predicted molar refractivity (Wildman–Crippen MR) is 108 cm³/mol. The fourth-order valence-electron chi connectivity index (χ4n) is 3.53. The van der Waals surface area contributed by atoms with Crippen LogP contribution in [0.2, 0.25) is 0 Å². The minimum Gasteiger partial charge on any atom is -0.349 e. The minimum atomic E-state index is -3.51. The molecule has 0 spiro atoms. The first-order valence-corrected chi connectivity index (χ1v) is 11.5. The molecule has 1 aromatic carbocycles. The van der Waals surface area contributed by atoms with E-state index in [0.717, 1.165) is 16.0 Å². The van der Waals surface area contributed by atoms with E-state index < -0.39 is 10.0 Å². The van der Waals surface area contributed by atoms with E-state index in [4.69, 9.17) is 0 Å². The van der Waals surface area contributed by atoms with Gasteiger partial charge in [-0.2, -0.15) is 4.31 Å². The lowest BCUT2D eigenvalue weighted by atomic mass is 9.97. The van der Waals surface area contributed by atoms with Gasteiger partial charge >= 0.3 is 0 Å². The summed E-state index contributed by atoms with van der Waals surface area (Å²) < 4.78 is 27.4. The van der Waals surface area contributed by atoms with Gasteiger partial charge in [-0.15, -0.1) is 11.3 Å². The van der Waals surface area contributed by atoms with Crippen molar-refractivity contribution in [1.82, 2.24) is 9.62 Å². The number of nitrogens with zero attached hydrogens (tertiary/aromatic N) is 1. The third kappa shape index (κ3) is 4.42. The van der Waals surface area contributed by atoms with E-state index in [1.54, 1.807) is 17.4 Å². The Kier molecular flexibility index (Phi) is 6.03. The molecule has 1 aliphatic rings. The molecule has 1 unspecified atom stereocenters. The van der Waals surface area contributed by atoms with Crippen LogP contribution >= 0.6 is 11.3 Å². The number of rotatable bonds is 5. The second-order valence-electron chi connectivity index (χ2n) is 7.19. The quantitative estimate of drug-likeness (QED) is 0.824. The van der Waals surface area contributed by atoms with E-state index in [2.05, 4.69) is 5.32 Å². The largest absolute Gasteiger partial charge is 0.349 e. The maximum Gasteiger partial charge on any atom is 0.243 e. The Morgan fingerprint density at radius 3 is 2.52 bits per heavy atom. The zero-order chi connectivity index (χ0) is 19.6. The van der Waals surface area contributed by atoms with Crippen LogP contribution in [0.25, 0.3) is 0 Å². The van der Waals surface area contributed by atoms with Crippen molar-refractivity contribution in [3.05, 3.63) is 51.7 Å². The molecular weight excluding hydrogens is 380 g/mol. The molecule has 0 radical (unpaired) electrons. The number of piperidine rings is 1. The number of carbonyl (C=O) groups is 1. The lowest BCUT2D eigenvalue weighted by Crippen LogP contribution is -2.43. The number of sulfonamides is 1. The van der Waals surface area contributed by atoms with Crippen molar-refractivity contribution in [1.29, 1.82) is 0 Å². The Bertz CT molecular complexity index is 899. The molecule has 0 saturated carbocycles. The van der Waals surface area contributed by atoms with E-state index in [-0.39, 0.29) is 17.9 Å². The molecule has 3 rings (SSSR count). The standard InChI is InChI=1S/C20H26N2O3S2/c1-14-6-7-19(15(2)13-14)27(24,25)22-10-8-17(9-11-22)20(23)21-16(3)18-5-4-12-26-18/h4-7,12-13,16-17H,8-11H2,1-3H3,(H,21,23). The molecule has 1 fully saturated rings. The second kappa shape index (κ2) is 8.12. The van der Waals surface area contributed by atoms with Gasteiger partial charge in [0.25, 0.3) is 0 Å². The third-order valence-corrected chi connectivity index (χ3v) is 8.22. The number of nitrogens with one attached hydrogen (secondary N) is 1. The second-order valence-corrected chi connectivity index (χ2v) is 10.1. The molecule has 5 nitrogen and oxygen atoms in total. The van der Waals surface area contributed by atoms with E-state index >= 15 is 0 Å². The Hall–Kier alpha value is -1.70. The fourth-order valence-corrected chi connectivity index (χ4v) is 5.94. The van der Waals surface area contributed by atoms with Crippen molar-refractivity contribution in [2.45, 2.75) is 44.6 Å². The van der Waals surface area contributed by atoms with Crippen LogP contribution in [-0.2, 0) is 14.8 Å². The first-order chi connectivity index (χ1) is 12.8. The number of thiophene rings is 1.